The Balaban J connectivity index is 0.00000180. The van der Waals surface area contributed by atoms with Gasteiger partial charge in [-0.05, 0) is 62.5 Å². The van der Waals surface area contributed by atoms with Crippen molar-refractivity contribution in [2.45, 2.75) is 33.1 Å². The van der Waals surface area contributed by atoms with Crippen LogP contribution in [0.15, 0.2) is 18.2 Å². The number of benzene rings is 1. The molecule has 0 unspecified atom stereocenters. The zero-order valence-corrected chi connectivity index (χ0v) is 12.5. The van der Waals surface area contributed by atoms with Gasteiger partial charge in [0.25, 0.3) is 0 Å². The van der Waals surface area contributed by atoms with Gasteiger partial charge in [-0.1, -0.05) is 13.0 Å². The summed E-state index contributed by atoms with van der Waals surface area (Å²) in [5.74, 6) is 0.333. The number of amides is 1. The third kappa shape index (κ3) is 4.22. The van der Waals surface area contributed by atoms with Crippen LogP contribution in [-0.4, -0.2) is 19.0 Å². The number of hydrogen-bond donors (Lipinski definition) is 2. The molecule has 0 aliphatic carbocycles. The lowest BCUT2D eigenvalue weighted by atomic mass is 9.97. The van der Waals surface area contributed by atoms with Crippen molar-refractivity contribution in [2.24, 2.45) is 5.92 Å². The van der Waals surface area contributed by atoms with Crippen LogP contribution in [0, 0.1) is 12.8 Å². The molecule has 2 N–H and O–H groups in total. The second kappa shape index (κ2) is 7.51. The molecular weight excluding hydrogens is 260 g/mol. The number of carbonyl (C=O) groups is 1. The van der Waals surface area contributed by atoms with Gasteiger partial charge in [0, 0.05) is 11.6 Å². The van der Waals surface area contributed by atoms with E-state index in [4.69, 9.17) is 0 Å². The average Bonchev–Trinajstić information content (AvgIpc) is 2.42. The molecule has 1 saturated heterocycles. The minimum atomic E-state index is 0. The normalized spacial score (nSPS) is 15.7. The quantitative estimate of drug-likeness (QED) is 0.895. The number of anilines is 1. The minimum Gasteiger partial charge on any atom is -0.326 e. The van der Waals surface area contributed by atoms with Crippen LogP contribution in [0.5, 0.6) is 0 Å². The molecule has 2 rings (SSSR count). The van der Waals surface area contributed by atoms with E-state index in [-0.39, 0.29) is 24.2 Å². The minimum absolute atomic E-state index is 0. The second-order valence-electron chi connectivity index (χ2n) is 5.01. The molecule has 1 aliphatic heterocycles. The summed E-state index contributed by atoms with van der Waals surface area (Å²) in [6.45, 7) is 6.15. The molecule has 0 radical (unpaired) electrons. The first-order valence-corrected chi connectivity index (χ1v) is 6.82. The highest BCUT2D eigenvalue weighted by Crippen LogP contribution is 2.19. The highest BCUT2D eigenvalue weighted by molar-refractivity contribution is 5.92. The van der Waals surface area contributed by atoms with Crippen molar-refractivity contribution in [3.8, 4) is 0 Å². The third-order valence-corrected chi connectivity index (χ3v) is 3.71. The third-order valence-electron chi connectivity index (χ3n) is 3.71. The highest BCUT2D eigenvalue weighted by atomic mass is 35.5. The first kappa shape index (κ1) is 16.0. The van der Waals surface area contributed by atoms with E-state index in [1.165, 1.54) is 11.1 Å². The number of hydrogen-bond acceptors (Lipinski definition) is 2. The molecule has 1 amide bonds. The van der Waals surface area contributed by atoms with E-state index in [9.17, 15) is 4.79 Å². The van der Waals surface area contributed by atoms with Crippen molar-refractivity contribution in [3.63, 3.8) is 0 Å². The Morgan fingerprint density at radius 1 is 1.37 bits per heavy atom. The number of piperidine rings is 1. The molecule has 0 atom stereocenters. The molecule has 1 aliphatic rings. The molecule has 4 heteroatoms. The van der Waals surface area contributed by atoms with Crippen molar-refractivity contribution in [1.29, 1.82) is 0 Å². The van der Waals surface area contributed by atoms with Crippen LogP contribution in [-0.2, 0) is 11.2 Å². The van der Waals surface area contributed by atoms with Crippen molar-refractivity contribution in [3.05, 3.63) is 29.3 Å². The smallest absolute Gasteiger partial charge is 0.227 e. The van der Waals surface area contributed by atoms with E-state index in [1.807, 2.05) is 6.07 Å². The van der Waals surface area contributed by atoms with E-state index in [1.54, 1.807) is 0 Å². The molecule has 19 heavy (non-hydrogen) atoms. The maximum Gasteiger partial charge on any atom is 0.227 e. The van der Waals surface area contributed by atoms with E-state index in [0.717, 1.165) is 38.0 Å². The fourth-order valence-corrected chi connectivity index (χ4v) is 2.46. The monoisotopic (exact) mass is 282 g/mol. The Morgan fingerprint density at radius 2 is 2.05 bits per heavy atom. The summed E-state index contributed by atoms with van der Waals surface area (Å²) in [4.78, 5) is 12.1. The number of aryl methyl sites for hydroxylation is 2. The number of nitrogens with one attached hydrogen (secondary N) is 2. The molecule has 106 valence electrons. The first-order valence-electron chi connectivity index (χ1n) is 6.82. The lowest BCUT2D eigenvalue weighted by Crippen LogP contribution is -2.34. The van der Waals surface area contributed by atoms with Crippen LogP contribution in [0.25, 0.3) is 0 Å². The molecule has 0 bridgehead atoms. The van der Waals surface area contributed by atoms with Gasteiger partial charge in [-0.15, -0.1) is 12.4 Å². The summed E-state index contributed by atoms with van der Waals surface area (Å²) >= 11 is 0. The van der Waals surface area contributed by atoms with Crippen molar-refractivity contribution in [2.75, 3.05) is 18.4 Å². The van der Waals surface area contributed by atoms with E-state index in [2.05, 4.69) is 36.6 Å². The van der Waals surface area contributed by atoms with Gasteiger partial charge in [-0.25, -0.2) is 0 Å². The van der Waals surface area contributed by atoms with Crippen molar-refractivity contribution >= 4 is 24.0 Å². The van der Waals surface area contributed by atoms with Crippen LogP contribution in [0.2, 0.25) is 0 Å². The molecule has 0 aromatic heterocycles. The maximum absolute atomic E-state index is 12.1. The summed E-state index contributed by atoms with van der Waals surface area (Å²) < 4.78 is 0. The van der Waals surface area contributed by atoms with Crippen molar-refractivity contribution < 1.29 is 4.79 Å². The lowest BCUT2D eigenvalue weighted by molar-refractivity contribution is -0.120. The van der Waals surface area contributed by atoms with Crippen LogP contribution in [0.3, 0.4) is 0 Å². The van der Waals surface area contributed by atoms with Gasteiger partial charge in [-0.3, -0.25) is 4.79 Å². The average molecular weight is 283 g/mol. The predicted molar refractivity (Wildman–Crippen MR) is 82.0 cm³/mol. The number of rotatable bonds is 3. The second-order valence-corrected chi connectivity index (χ2v) is 5.01. The largest absolute Gasteiger partial charge is 0.326 e. The molecule has 0 saturated carbocycles. The summed E-state index contributed by atoms with van der Waals surface area (Å²) in [5.41, 5.74) is 3.52. The van der Waals surface area contributed by atoms with Crippen LogP contribution in [0.4, 0.5) is 5.69 Å². The van der Waals surface area contributed by atoms with Gasteiger partial charge in [0.05, 0.1) is 0 Å². The summed E-state index contributed by atoms with van der Waals surface area (Å²) in [7, 11) is 0. The molecule has 1 fully saturated rings. The molecule has 0 spiro atoms. The van der Waals surface area contributed by atoms with Gasteiger partial charge in [0.1, 0.15) is 0 Å². The summed E-state index contributed by atoms with van der Waals surface area (Å²) in [6.07, 6.45) is 2.89. The Labute approximate surface area is 121 Å². The fourth-order valence-electron chi connectivity index (χ4n) is 2.46. The zero-order chi connectivity index (χ0) is 13.0. The Bertz CT molecular complexity index is 428. The van der Waals surface area contributed by atoms with E-state index >= 15 is 0 Å². The van der Waals surface area contributed by atoms with E-state index < -0.39 is 0 Å². The predicted octanol–water partition coefficient (Wildman–Crippen LogP) is 2.92. The fraction of sp³-hybridized carbons (Fsp3) is 0.533. The topological polar surface area (TPSA) is 41.1 Å². The first-order chi connectivity index (χ1) is 8.70. The van der Waals surface area contributed by atoms with Gasteiger partial charge in [0.15, 0.2) is 0 Å². The summed E-state index contributed by atoms with van der Waals surface area (Å²) in [6, 6.07) is 6.17. The Hall–Kier alpha value is -1.06. The van der Waals surface area contributed by atoms with E-state index in [0.29, 0.717) is 0 Å². The Morgan fingerprint density at radius 3 is 2.68 bits per heavy atom. The molecule has 1 aromatic rings. The SMILES string of the molecule is CCc1cc(NC(=O)C2CCNCC2)ccc1C.Cl. The van der Waals surface area contributed by atoms with Crippen molar-refractivity contribution in [1.82, 2.24) is 5.32 Å². The van der Waals surface area contributed by atoms with Gasteiger partial charge >= 0.3 is 0 Å². The standard InChI is InChI=1S/C15H22N2O.ClH/c1-3-12-10-14(5-4-11(12)2)17-15(18)13-6-8-16-9-7-13;/h4-5,10,13,16H,3,6-9H2,1-2H3,(H,17,18);1H. The molecular formula is C15H23ClN2O. The van der Waals surface area contributed by atoms with Crippen LogP contribution >= 0.6 is 12.4 Å². The molecule has 1 aromatic carbocycles. The number of carbonyl (C=O) groups excluding carboxylic acids is 1. The van der Waals surface area contributed by atoms with Gasteiger partial charge < -0.3 is 10.6 Å². The zero-order valence-electron chi connectivity index (χ0n) is 11.7. The molecule has 1 heterocycles. The van der Waals surface area contributed by atoms with Crippen LogP contribution < -0.4 is 10.6 Å². The van der Waals surface area contributed by atoms with Gasteiger partial charge in [-0.2, -0.15) is 0 Å². The lowest BCUT2D eigenvalue weighted by Gasteiger charge is -2.22. The molecule has 3 nitrogen and oxygen atoms in total. The van der Waals surface area contributed by atoms with Gasteiger partial charge in [0.2, 0.25) is 5.91 Å². The number of halogens is 1. The Kier molecular flexibility index (Phi) is 6.32. The highest BCUT2D eigenvalue weighted by Gasteiger charge is 2.20. The maximum atomic E-state index is 12.1. The summed E-state index contributed by atoms with van der Waals surface area (Å²) in [5, 5.41) is 6.33. The van der Waals surface area contributed by atoms with Crippen LogP contribution in [0.1, 0.15) is 30.9 Å².